The molecular weight excluding hydrogens is 250 g/mol. The van der Waals surface area contributed by atoms with Crippen LogP contribution in [0.15, 0.2) is 30.3 Å². The first-order chi connectivity index (χ1) is 9.54. The van der Waals surface area contributed by atoms with Gasteiger partial charge >= 0.3 is 0 Å². The highest BCUT2D eigenvalue weighted by molar-refractivity contribution is 5.58. The van der Waals surface area contributed by atoms with Crippen molar-refractivity contribution in [2.24, 2.45) is 0 Å². The Hall–Kier alpha value is -2.16. The minimum atomic E-state index is 0.272. The molecule has 0 fully saturated rings. The van der Waals surface area contributed by atoms with E-state index < -0.39 is 0 Å². The van der Waals surface area contributed by atoms with Crippen LogP contribution in [0.25, 0.3) is 0 Å². The van der Waals surface area contributed by atoms with Crippen molar-refractivity contribution in [3.63, 3.8) is 0 Å². The number of hydrogen-bond donors (Lipinski definition) is 3. The summed E-state index contributed by atoms with van der Waals surface area (Å²) >= 11 is 0. The Morgan fingerprint density at radius 2 is 1.85 bits per heavy atom. The number of aromatic hydroxyl groups is 2. The lowest BCUT2D eigenvalue weighted by Gasteiger charge is -2.18. The maximum absolute atomic E-state index is 9.72. The molecular formula is C17H19NO2. The average Bonchev–Trinajstić information content (AvgIpc) is 2.78. The van der Waals surface area contributed by atoms with Crippen molar-refractivity contribution in [3.8, 4) is 11.5 Å². The molecule has 0 amide bonds. The summed E-state index contributed by atoms with van der Waals surface area (Å²) < 4.78 is 0. The average molecular weight is 269 g/mol. The Morgan fingerprint density at radius 3 is 2.65 bits per heavy atom. The van der Waals surface area contributed by atoms with Gasteiger partial charge in [-0.25, -0.2) is 0 Å². The largest absolute Gasteiger partial charge is 0.508 e. The van der Waals surface area contributed by atoms with Gasteiger partial charge in [0.1, 0.15) is 11.5 Å². The van der Waals surface area contributed by atoms with Crippen LogP contribution < -0.4 is 5.32 Å². The van der Waals surface area contributed by atoms with Gasteiger partial charge in [0.05, 0.1) is 6.04 Å². The van der Waals surface area contributed by atoms with Crippen LogP contribution in [-0.2, 0) is 6.42 Å². The zero-order chi connectivity index (χ0) is 14.3. The highest BCUT2D eigenvalue weighted by Gasteiger charge is 2.23. The van der Waals surface area contributed by atoms with Crippen molar-refractivity contribution >= 4 is 5.69 Å². The number of phenols is 2. The summed E-state index contributed by atoms with van der Waals surface area (Å²) in [5, 5.41) is 22.8. The molecule has 2 aromatic rings. The van der Waals surface area contributed by atoms with Gasteiger partial charge in [-0.3, -0.25) is 0 Å². The van der Waals surface area contributed by atoms with E-state index in [0.29, 0.717) is 11.5 Å². The molecule has 0 saturated heterocycles. The van der Waals surface area contributed by atoms with Gasteiger partial charge in [-0.1, -0.05) is 6.07 Å². The van der Waals surface area contributed by atoms with Crippen LogP contribution in [0.1, 0.15) is 34.7 Å². The number of aryl methyl sites for hydroxylation is 3. The van der Waals surface area contributed by atoms with Crippen LogP contribution in [0.3, 0.4) is 0 Å². The maximum atomic E-state index is 9.72. The normalized spacial score (nSPS) is 17.0. The number of rotatable bonds is 2. The van der Waals surface area contributed by atoms with E-state index in [0.717, 1.165) is 29.7 Å². The molecule has 3 N–H and O–H groups in total. The predicted molar refractivity (Wildman–Crippen MR) is 80.4 cm³/mol. The number of benzene rings is 2. The molecule has 20 heavy (non-hydrogen) atoms. The molecule has 1 aliphatic rings. The predicted octanol–water partition coefficient (Wildman–Crippen LogP) is 3.81. The van der Waals surface area contributed by atoms with E-state index in [1.54, 1.807) is 12.1 Å². The molecule has 1 atom stereocenters. The standard InChI is InChI=1S/C17H19NO2/c1-10-8-17(20)11(2)7-16(10)18-15-6-3-12-9-13(19)4-5-14(12)15/h4-5,7-9,15,18-20H,3,6H2,1-2H3. The summed E-state index contributed by atoms with van der Waals surface area (Å²) in [6.07, 6.45) is 2.01. The van der Waals surface area contributed by atoms with E-state index in [9.17, 15) is 10.2 Å². The van der Waals surface area contributed by atoms with Crippen LogP contribution in [0.5, 0.6) is 11.5 Å². The van der Waals surface area contributed by atoms with Crippen molar-refractivity contribution in [2.45, 2.75) is 32.7 Å². The molecule has 1 aliphatic carbocycles. The first-order valence-corrected chi connectivity index (χ1v) is 6.93. The van der Waals surface area contributed by atoms with E-state index in [2.05, 4.69) is 5.32 Å². The summed E-state index contributed by atoms with van der Waals surface area (Å²) in [6.45, 7) is 3.90. The third-order valence-corrected chi connectivity index (χ3v) is 4.08. The Bertz CT molecular complexity index is 664. The number of phenolic OH excluding ortho intramolecular Hbond substituents is 2. The van der Waals surface area contributed by atoms with E-state index >= 15 is 0 Å². The van der Waals surface area contributed by atoms with Crippen LogP contribution >= 0.6 is 0 Å². The lowest BCUT2D eigenvalue weighted by Crippen LogP contribution is -2.08. The van der Waals surface area contributed by atoms with Gasteiger partial charge in [0.2, 0.25) is 0 Å². The fraction of sp³-hybridized carbons (Fsp3) is 0.294. The molecule has 0 aliphatic heterocycles. The SMILES string of the molecule is Cc1cc(NC2CCc3cc(O)ccc32)c(C)cc1O. The number of anilines is 1. The Kier molecular flexibility index (Phi) is 3.05. The molecule has 0 saturated carbocycles. The Morgan fingerprint density at radius 1 is 1.05 bits per heavy atom. The molecule has 104 valence electrons. The van der Waals surface area contributed by atoms with E-state index in [1.807, 2.05) is 32.0 Å². The van der Waals surface area contributed by atoms with Crippen LogP contribution in [0.2, 0.25) is 0 Å². The van der Waals surface area contributed by atoms with Crippen LogP contribution in [0, 0.1) is 13.8 Å². The smallest absolute Gasteiger partial charge is 0.118 e. The summed E-state index contributed by atoms with van der Waals surface area (Å²) in [7, 11) is 0. The molecule has 0 aromatic heterocycles. The second-order valence-electron chi connectivity index (χ2n) is 5.57. The summed E-state index contributed by atoms with van der Waals surface area (Å²) in [5.74, 6) is 0.672. The van der Waals surface area contributed by atoms with E-state index in [-0.39, 0.29) is 6.04 Å². The summed E-state index contributed by atoms with van der Waals surface area (Å²) in [6, 6.07) is 9.65. The summed E-state index contributed by atoms with van der Waals surface area (Å²) in [4.78, 5) is 0. The molecule has 1 unspecified atom stereocenters. The summed E-state index contributed by atoms with van der Waals surface area (Å²) in [5.41, 5.74) is 5.46. The van der Waals surface area contributed by atoms with Crippen molar-refractivity contribution < 1.29 is 10.2 Å². The van der Waals surface area contributed by atoms with Crippen LogP contribution in [-0.4, -0.2) is 10.2 Å². The minimum Gasteiger partial charge on any atom is -0.508 e. The fourth-order valence-corrected chi connectivity index (χ4v) is 2.90. The quantitative estimate of drug-likeness (QED) is 0.727. The first kappa shape index (κ1) is 12.9. The van der Waals surface area contributed by atoms with Crippen molar-refractivity contribution in [1.29, 1.82) is 0 Å². The second-order valence-corrected chi connectivity index (χ2v) is 5.57. The number of hydrogen-bond acceptors (Lipinski definition) is 3. The topological polar surface area (TPSA) is 52.5 Å². The fourth-order valence-electron chi connectivity index (χ4n) is 2.90. The molecule has 3 rings (SSSR count). The highest BCUT2D eigenvalue weighted by Crippen LogP contribution is 2.37. The third-order valence-electron chi connectivity index (χ3n) is 4.08. The Balaban J connectivity index is 1.89. The van der Waals surface area contributed by atoms with E-state index in [1.165, 1.54) is 11.1 Å². The maximum Gasteiger partial charge on any atom is 0.118 e. The van der Waals surface area contributed by atoms with Crippen molar-refractivity contribution in [3.05, 3.63) is 52.6 Å². The second kappa shape index (κ2) is 4.75. The lowest BCUT2D eigenvalue weighted by atomic mass is 10.1. The number of fused-ring (bicyclic) bond motifs is 1. The molecule has 0 heterocycles. The zero-order valence-electron chi connectivity index (χ0n) is 11.8. The third kappa shape index (κ3) is 2.20. The Labute approximate surface area is 118 Å². The van der Waals surface area contributed by atoms with E-state index in [4.69, 9.17) is 0 Å². The van der Waals surface area contributed by atoms with Gasteiger partial charge in [0.25, 0.3) is 0 Å². The molecule has 0 bridgehead atoms. The van der Waals surface area contributed by atoms with Crippen molar-refractivity contribution in [1.82, 2.24) is 0 Å². The minimum absolute atomic E-state index is 0.272. The lowest BCUT2D eigenvalue weighted by molar-refractivity contribution is 0.470. The number of nitrogens with one attached hydrogen (secondary N) is 1. The van der Waals surface area contributed by atoms with Gasteiger partial charge in [0.15, 0.2) is 0 Å². The molecule has 3 nitrogen and oxygen atoms in total. The van der Waals surface area contributed by atoms with Gasteiger partial charge in [0, 0.05) is 5.69 Å². The van der Waals surface area contributed by atoms with Crippen molar-refractivity contribution in [2.75, 3.05) is 5.32 Å². The van der Waals surface area contributed by atoms with Gasteiger partial charge in [-0.15, -0.1) is 0 Å². The zero-order valence-corrected chi connectivity index (χ0v) is 11.8. The molecule has 2 aromatic carbocycles. The van der Waals surface area contributed by atoms with Gasteiger partial charge < -0.3 is 15.5 Å². The first-order valence-electron chi connectivity index (χ1n) is 6.93. The highest BCUT2D eigenvalue weighted by atomic mass is 16.3. The van der Waals surface area contributed by atoms with Gasteiger partial charge in [-0.05, 0) is 73.2 Å². The molecule has 3 heteroatoms. The van der Waals surface area contributed by atoms with Crippen LogP contribution in [0.4, 0.5) is 5.69 Å². The van der Waals surface area contributed by atoms with Gasteiger partial charge in [-0.2, -0.15) is 0 Å². The monoisotopic (exact) mass is 269 g/mol. The molecule has 0 spiro atoms. The molecule has 0 radical (unpaired) electrons.